The molecule has 1 saturated carbocycles. The smallest absolute Gasteiger partial charge is 0.254 e. The SMILES string of the molecule is COc1ccc(CN(C(=O)C2CCN(C(=O)c3cccc4ccccc34)CC2)C2CC2)cc1. The third-order valence-corrected chi connectivity index (χ3v) is 6.93. The number of benzene rings is 3. The largest absolute Gasteiger partial charge is 0.497 e. The fourth-order valence-electron chi connectivity index (χ4n) is 4.85. The van der Waals surface area contributed by atoms with Crippen molar-refractivity contribution in [3.05, 3.63) is 77.9 Å². The van der Waals surface area contributed by atoms with Crippen molar-refractivity contribution in [1.29, 1.82) is 0 Å². The highest BCUT2D eigenvalue weighted by Crippen LogP contribution is 2.32. The van der Waals surface area contributed by atoms with Crippen molar-refractivity contribution in [2.45, 2.75) is 38.3 Å². The van der Waals surface area contributed by atoms with Crippen LogP contribution in [0.4, 0.5) is 0 Å². The topological polar surface area (TPSA) is 49.9 Å². The van der Waals surface area contributed by atoms with Gasteiger partial charge in [0.05, 0.1) is 7.11 Å². The Labute approximate surface area is 194 Å². The normalized spacial score (nSPS) is 16.6. The van der Waals surface area contributed by atoms with Crippen molar-refractivity contribution < 1.29 is 14.3 Å². The molecule has 2 aliphatic rings. The number of fused-ring (bicyclic) bond motifs is 1. The molecule has 0 aromatic heterocycles. The average Bonchev–Trinajstić information content (AvgIpc) is 3.72. The van der Waals surface area contributed by atoms with Crippen molar-refractivity contribution >= 4 is 22.6 Å². The van der Waals surface area contributed by atoms with Gasteiger partial charge < -0.3 is 14.5 Å². The Bertz CT molecular complexity index is 1140. The molecule has 3 aromatic carbocycles. The van der Waals surface area contributed by atoms with Gasteiger partial charge in [-0.25, -0.2) is 0 Å². The second-order valence-corrected chi connectivity index (χ2v) is 9.14. The molecule has 1 aliphatic heterocycles. The Morgan fingerprint density at radius 2 is 1.61 bits per heavy atom. The van der Waals surface area contributed by atoms with Gasteiger partial charge in [-0.1, -0.05) is 48.5 Å². The summed E-state index contributed by atoms with van der Waals surface area (Å²) >= 11 is 0. The van der Waals surface area contributed by atoms with Gasteiger partial charge in [0.25, 0.3) is 5.91 Å². The van der Waals surface area contributed by atoms with Crippen LogP contribution in [-0.2, 0) is 11.3 Å². The summed E-state index contributed by atoms with van der Waals surface area (Å²) in [5.74, 6) is 1.12. The molecule has 33 heavy (non-hydrogen) atoms. The molecule has 5 nitrogen and oxygen atoms in total. The summed E-state index contributed by atoms with van der Waals surface area (Å²) in [6, 6.07) is 22.2. The van der Waals surface area contributed by atoms with E-state index in [1.165, 1.54) is 0 Å². The highest BCUT2D eigenvalue weighted by Gasteiger charge is 2.37. The number of carbonyl (C=O) groups is 2. The first kappa shape index (κ1) is 21.5. The van der Waals surface area contributed by atoms with Crippen molar-refractivity contribution in [3.63, 3.8) is 0 Å². The highest BCUT2D eigenvalue weighted by atomic mass is 16.5. The predicted molar refractivity (Wildman–Crippen MR) is 129 cm³/mol. The maximum atomic E-state index is 13.4. The van der Waals surface area contributed by atoms with Crippen LogP contribution in [0.1, 0.15) is 41.6 Å². The zero-order valence-electron chi connectivity index (χ0n) is 19.1. The van der Waals surface area contributed by atoms with E-state index < -0.39 is 0 Å². The number of carbonyl (C=O) groups excluding carboxylic acids is 2. The minimum absolute atomic E-state index is 0.0135. The van der Waals surface area contributed by atoms with E-state index in [1.54, 1.807) is 7.11 Å². The highest BCUT2D eigenvalue weighted by molar-refractivity contribution is 6.07. The summed E-state index contributed by atoms with van der Waals surface area (Å²) in [6.07, 6.45) is 3.61. The number of ether oxygens (including phenoxy) is 1. The molecule has 0 unspecified atom stereocenters. The lowest BCUT2D eigenvalue weighted by molar-refractivity contribution is -0.138. The van der Waals surface area contributed by atoms with Gasteiger partial charge in [-0.2, -0.15) is 0 Å². The third-order valence-electron chi connectivity index (χ3n) is 6.93. The van der Waals surface area contributed by atoms with E-state index >= 15 is 0 Å². The van der Waals surface area contributed by atoms with Crippen LogP contribution >= 0.6 is 0 Å². The first-order chi connectivity index (χ1) is 16.1. The van der Waals surface area contributed by atoms with Crippen LogP contribution in [0.5, 0.6) is 5.75 Å². The number of methoxy groups -OCH3 is 1. The number of rotatable bonds is 6. The van der Waals surface area contributed by atoms with Crippen LogP contribution in [0, 0.1) is 5.92 Å². The molecule has 1 saturated heterocycles. The molecule has 0 bridgehead atoms. The maximum absolute atomic E-state index is 13.4. The molecular formula is C28H30N2O3. The summed E-state index contributed by atoms with van der Waals surface area (Å²) in [7, 11) is 1.66. The molecule has 2 amide bonds. The molecule has 3 aromatic rings. The minimum Gasteiger partial charge on any atom is -0.497 e. The van der Waals surface area contributed by atoms with Crippen molar-refractivity contribution in [2.24, 2.45) is 5.92 Å². The first-order valence-corrected chi connectivity index (χ1v) is 11.8. The number of hydrogen-bond acceptors (Lipinski definition) is 3. The Morgan fingerprint density at radius 3 is 2.30 bits per heavy atom. The number of piperidine rings is 1. The molecule has 2 fully saturated rings. The van der Waals surface area contributed by atoms with Gasteiger partial charge in [0, 0.05) is 37.2 Å². The second kappa shape index (κ2) is 9.26. The van der Waals surface area contributed by atoms with E-state index in [1.807, 2.05) is 71.6 Å². The lowest BCUT2D eigenvalue weighted by atomic mass is 9.94. The van der Waals surface area contributed by atoms with Crippen LogP contribution in [0.25, 0.3) is 10.8 Å². The first-order valence-electron chi connectivity index (χ1n) is 11.8. The summed E-state index contributed by atoms with van der Waals surface area (Å²) in [6.45, 7) is 1.89. The Hall–Kier alpha value is -3.34. The Kier molecular flexibility index (Phi) is 6.03. The molecule has 5 heteroatoms. The molecule has 0 N–H and O–H groups in total. The number of hydrogen-bond donors (Lipinski definition) is 0. The van der Waals surface area contributed by atoms with Gasteiger partial charge in [-0.05, 0) is 60.2 Å². The van der Waals surface area contributed by atoms with Crippen molar-refractivity contribution in [2.75, 3.05) is 20.2 Å². The van der Waals surface area contributed by atoms with Crippen LogP contribution < -0.4 is 4.74 Å². The molecule has 0 radical (unpaired) electrons. The predicted octanol–water partition coefficient (Wildman–Crippen LogP) is 4.89. The summed E-state index contributed by atoms with van der Waals surface area (Å²) in [5.41, 5.74) is 1.87. The number of nitrogens with zero attached hydrogens (tertiary/aromatic N) is 2. The van der Waals surface area contributed by atoms with Gasteiger partial charge in [0.15, 0.2) is 0 Å². The summed E-state index contributed by atoms with van der Waals surface area (Å²) < 4.78 is 5.25. The van der Waals surface area contributed by atoms with E-state index in [-0.39, 0.29) is 17.7 Å². The van der Waals surface area contributed by atoms with E-state index in [9.17, 15) is 9.59 Å². The van der Waals surface area contributed by atoms with E-state index in [4.69, 9.17) is 4.74 Å². The molecule has 0 spiro atoms. The lowest BCUT2D eigenvalue weighted by Gasteiger charge is -2.34. The summed E-state index contributed by atoms with van der Waals surface area (Å²) in [4.78, 5) is 30.7. The van der Waals surface area contributed by atoms with Crippen molar-refractivity contribution in [1.82, 2.24) is 9.80 Å². The minimum atomic E-state index is -0.0135. The third kappa shape index (κ3) is 4.58. The van der Waals surface area contributed by atoms with Crippen LogP contribution in [0.15, 0.2) is 66.7 Å². The van der Waals surface area contributed by atoms with Gasteiger partial charge in [-0.3, -0.25) is 9.59 Å². The number of amides is 2. The fraction of sp³-hybridized carbons (Fsp3) is 0.357. The summed E-state index contributed by atoms with van der Waals surface area (Å²) in [5, 5.41) is 2.06. The molecule has 0 atom stereocenters. The molecule has 1 heterocycles. The fourth-order valence-corrected chi connectivity index (χ4v) is 4.85. The lowest BCUT2D eigenvalue weighted by Crippen LogP contribution is -2.45. The molecule has 170 valence electrons. The van der Waals surface area contributed by atoms with Crippen LogP contribution in [0.2, 0.25) is 0 Å². The molecule has 1 aliphatic carbocycles. The van der Waals surface area contributed by atoms with Crippen molar-refractivity contribution in [3.8, 4) is 5.75 Å². The van der Waals surface area contributed by atoms with E-state index in [0.717, 1.165) is 53.3 Å². The van der Waals surface area contributed by atoms with Crippen LogP contribution in [-0.4, -0.2) is 47.9 Å². The van der Waals surface area contributed by atoms with Gasteiger partial charge in [0.1, 0.15) is 5.75 Å². The van der Waals surface area contributed by atoms with E-state index in [2.05, 4.69) is 4.90 Å². The Balaban J connectivity index is 1.24. The maximum Gasteiger partial charge on any atom is 0.254 e. The van der Waals surface area contributed by atoms with Gasteiger partial charge in [-0.15, -0.1) is 0 Å². The molecular weight excluding hydrogens is 412 g/mol. The zero-order chi connectivity index (χ0) is 22.8. The Morgan fingerprint density at radius 1 is 0.909 bits per heavy atom. The second-order valence-electron chi connectivity index (χ2n) is 9.14. The molecule has 5 rings (SSSR count). The monoisotopic (exact) mass is 442 g/mol. The van der Waals surface area contributed by atoms with Gasteiger partial charge >= 0.3 is 0 Å². The quantitative estimate of drug-likeness (QED) is 0.546. The van der Waals surface area contributed by atoms with Gasteiger partial charge in [0.2, 0.25) is 5.91 Å². The zero-order valence-corrected chi connectivity index (χ0v) is 19.1. The standard InChI is InChI=1S/C28H30N2O3/c1-33-24-13-9-20(10-14-24)19-30(23-11-12-23)27(31)22-15-17-29(18-16-22)28(32)26-8-4-6-21-5-2-3-7-25(21)26/h2-10,13-14,22-23H,11-12,15-19H2,1H3. The number of likely N-dealkylation sites (tertiary alicyclic amines) is 1. The average molecular weight is 443 g/mol. The van der Waals surface area contributed by atoms with Crippen LogP contribution in [0.3, 0.4) is 0 Å². The van der Waals surface area contributed by atoms with E-state index in [0.29, 0.717) is 25.7 Å².